The largest absolute Gasteiger partial charge is 0.508 e. The first-order chi connectivity index (χ1) is 5.72. The zero-order chi connectivity index (χ0) is 8.97. The number of carbonyl (C=O) groups is 1. The highest BCUT2D eigenvalue weighted by Crippen LogP contribution is 2.15. The van der Waals surface area contributed by atoms with Gasteiger partial charge in [0.05, 0.1) is 0 Å². The SMILES string of the molecule is Cc1cc(O)cc(C=CC=O)c1. The molecule has 0 radical (unpaired) electrons. The van der Waals surface area contributed by atoms with Crippen LogP contribution in [-0.4, -0.2) is 11.4 Å². The third-order valence-corrected chi connectivity index (χ3v) is 1.45. The predicted octanol–water partition coefficient (Wildman–Crippen LogP) is 1.91. The van der Waals surface area contributed by atoms with Crippen LogP contribution < -0.4 is 0 Å². The molecule has 0 fully saturated rings. The Hall–Kier alpha value is -1.57. The van der Waals surface area contributed by atoms with E-state index >= 15 is 0 Å². The maximum atomic E-state index is 10.00. The number of rotatable bonds is 2. The standard InChI is InChI=1S/C10H10O2/c1-8-5-9(3-2-4-11)7-10(12)6-8/h2-7,12H,1H3. The van der Waals surface area contributed by atoms with Gasteiger partial charge in [-0.15, -0.1) is 0 Å². The summed E-state index contributed by atoms with van der Waals surface area (Å²) in [6.45, 7) is 1.89. The van der Waals surface area contributed by atoms with Crippen molar-refractivity contribution in [2.45, 2.75) is 6.92 Å². The Morgan fingerprint density at radius 3 is 2.67 bits per heavy atom. The first kappa shape index (κ1) is 8.53. The smallest absolute Gasteiger partial charge is 0.142 e. The number of aldehydes is 1. The molecule has 0 aliphatic rings. The molecule has 0 bridgehead atoms. The maximum absolute atomic E-state index is 10.00. The molecule has 0 aliphatic carbocycles. The lowest BCUT2D eigenvalue weighted by Gasteiger charge is -1.97. The summed E-state index contributed by atoms with van der Waals surface area (Å²) in [6, 6.07) is 5.16. The highest BCUT2D eigenvalue weighted by molar-refractivity contribution is 5.74. The minimum absolute atomic E-state index is 0.223. The molecule has 2 nitrogen and oxygen atoms in total. The summed E-state index contributed by atoms with van der Waals surface area (Å²) in [4.78, 5) is 10.00. The van der Waals surface area contributed by atoms with Crippen LogP contribution in [0.2, 0.25) is 0 Å². The molecule has 0 aromatic heterocycles. The van der Waals surface area contributed by atoms with Gasteiger partial charge in [-0.05, 0) is 36.3 Å². The van der Waals surface area contributed by atoms with Crippen LogP contribution in [0.3, 0.4) is 0 Å². The molecule has 1 aromatic carbocycles. The van der Waals surface area contributed by atoms with Crippen molar-refractivity contribution in [2.75, 3.05) is 0 Å². The molecule has 62 valence electrons. The molecule has 0 atom stereocenters. The van der Waals surface area contributed by atoms with Crippen LogP contribution >= 0.6 is 0 Å². The van der Waals surface area contributed by atoms with E-state index in [-0.39, 0.29) is 5.75 Å². The van der Waals surface area contributed by atoms with Crippen molar-refractivity contribution >= 4 is 12.4 Å². The zero-order valence-corrected chi connectivity index (χ0v) is 6.82. The Balaban J connectivity index is 3.00. The van der Waals surface area contributed by atoms with Gasteiger partial charge in [-0.1, -0.05) is 12.1 Å². The summed E-state index contributed by atoms with van der Waals surface area (Å²) in [5.41, 5.74) is 1.81. The second kappa shape index (κ2) is 3.72. The van der Waals surface area contributed by atoms with Gasteiger partial charge >= 0.3 is 0 Å². The van der Waals surface area contributed by atoms with Gasteiger partial charge in [0, 0.05) is 0 Å². The Labute approximate surface area is 71.2 Å². The number of aryl methyl sites for hydroxylation is 1. The number of phenols is 1. The van der Waals surface area contributed by atoms with E-state index in [9.17, 15) is 9.90 Å². The lowest BCUT2D eigenvalue weighted by Crippen LogP contribution is -1.76. The number of hydrogen-bond donors (Lipinski definition) is 1. The molecule has 2 heteroatoms. The number of benzene rings is 1. The van der Waals surface area contributed by atoms with Crippen molar-refractivity contribution in [1.82, 2.24) is 0 Å². The van der Waals surface area contributed by atoms with Crippen molar-refractivity contribution < 1.29 is 9.90 Å². The predicted molar refractivity (Wildman–Crippen MR) is 47.9 cm³/mol. The Kier molecular flexibility index (Phi) is 2.64. The lowest BCUT2D eigenvalue weighted by atomic mass is 10.1. The molecule has 1 rings (SSSR count). The summed E-state index contributed by atoms with van der Waals surface area (Å²) >= 11 is 0. The molecule has 0 saturated heterocycles. The van der Waals surface area contributed by atoms with Gasteiger partial charge in [-0.25, -0.2) is 0 Å². The van der Waals surface area contributed by atoms with Crippen molar-refractivity contribution in [3.8, 4) is 5.75 Å². The fourth-order valence-electron chi connectivity index (χ4n) is 1.04. The fourth-order valence-corrected chi connectivity index (χ4v) is 1.04. The summed E-state index contributed by atoms with van der Waals surface area (Å²) in [7, 11) is 0. The van der Waals surface area contributed by atoms with Gasteiger partial charge in [0.25, 0.3) is 0 Å². The van der Waals surface area contributed by atoms with Crippen LogP contribution in [0.1, 0.15) is 11.1 Å². The molecule has 1 N–H and O–H groups in total. The summed E-state index contributed by atoms with van der Waals surface area (Å²) in [6.07, 6.45) is 3.76. The van der Waals surface area contributed by atoms with Gasteiger partial charge in [-0.3, -0.25) is 4.79 Å². The van der Waals surface area contributed by atoms with E-state index in [0.29, 0.717) is 6.29 Å². The fraction of sp³-hybridized carbons (Fsp3) is 0.100. The second-order valence-corrected chi connectivity index (χ2v) is 2.60. The minimum atomic E-state index is 0.223. The number of aromatic hydroxyl groups is 1. The van der Waals surface area contributed by atoms with Crippen molar-refractivity contribution in [1.29, 1.82) is 0 Å². The van der Waals surface area contributed by atoms with Crippen LogP contribution in [0.25, 0.3) is 6.08 Å². The Bertz CT molecular complexity index is 293. The van der Waals surface area contributed by atoms with Crippen molar-refractivity contribution in [2.24, 2.45) is 0 Å². The first-order valence-corrected chi connectivity index (χ1v) is 3.65. The van der Waals surface area contributed by atoms with E-state index in [1.807, 2.05) is 13.0 Å². The van der Waals surface area contributed by atoms with Crippen LogP contribution in [0.15, 0.2) is 24.3 Å². The topological polar surface area (TPSA) is 37.3 Å². The number of hydrogen-bond acceptors (Lipinski definition) is 2. The summed E-state index contributed by atoms with van der Waals surface area (Å²) in [5, 5.41) is 9.17. The van der Waals surface area contributed by atoms with Gasteiger partial charge in [0.2, 0.25) is 0 Å². The highest BCUT2D eigenvalue weighted by Gasteiger charge is 1.92. The molecule has 1 aromatic rings. The van der Waals surface area contributed by atoms with E-state index in [2.05, 4.69) is 0 Å². The van der Waals surface area contributed by atoms with Crippen LogP contribution in [-0.2, 0) is 4.79 Å². The van der Waals surface area contributed by atoms with E-state index in [1.165, 1.54) is 6.08 Å². The van der Waals surface area contributed by atoms with Crippen molar-refractivity contribution in [3.63, 3.8) is 0 Å². The van der Waals surface area contributed by atoms with Crippen LogP contribution in [0.4, 0.5) is 0 Å². The van der Waals surface area contributed by atoms with E-state index in [1.54, 1.807) is 18.2 Å². The molecule has 0 amide bonds. The minimum Gasteiger partial charge on any atom is -0.508 e. The molecule has 0 spiro atoms. The normalized spacial score (nSPS) is 10.4. The number of phenolic OH excluding ortho intramolecular Hbond substituents is 1. The average molecular weight is 162 g/mol. The van der Waals surface area contributed by atoms with Gasteiger partial charge in [-0.2, -0.15) is 0 Å². The average Bonchev–Trinajstić information content (AvgIpc) is 1.99. The Morgan fingerprint density at radius 2 is 2.08 bits per heavy atom. The zero-order valence-electron chi connectivity index (χ0n) is 6.82. The summed E-state index contributed by atoms with van der Waals surface area (Å²) < 4.78 is 0. The lowest BCUT2D eigenvalue weighted by molar-refractivity contribution is -0.104. The third-order valence-electron chi connectivity index (χ3n) is 1.45. The van der Waals surface area contributed by atoms with Crippen molar-refractivity contribution in [3.05, 3.63) is 35.4 Å². The van der Waals surface area contributed by atoms with Crippen LogP contribution in [0.5, 0.6) is 5.75 Å². The number of carbonyl (C=O) groups excluding carboxylic acids is 1. The second-order valence-electron chi connectivity index (χ2n) is 2.60. The van der Waals surface area contributed by atoms with E-state index in [4.69, 9.17) is 0 Å². The Morgan fingerprint density at radius 1 is 1.33 bits per heavy atom. The van der Waals surface area contributed by atoms with Crippen LogP contribution in [0, 0.1) is 6.92 Å². The van der Waals surface area contributed by atoms with Gasteiger partial charge in [0.15, 0.2) is 0 Å². The summed E-state index contributed by atoms with van der Waals surface area (Å²) in [5.74, 6) is 0.223. The quantitative estimate of drug-likeness (QED) is 0.532. The monoisotopic (exact) mass is 162 g/mol. The highest BCUT2D eigenvalue weighted by atomic mass is 16.3. The molecule has 0 heterocycles. The molecular formula is C10H10O2. The maximum Gasteiger partial charge on any atom is 0.142 e. The molecular weight excluding hydrogens is 152 g/mol. The van der Waals surface area contributed by atoms with E-state index in [0.717, 1.165) is 11.1 Å². The third kappa shape index (κ3) is 2.23. The molecule has 0 unspecified atom stereocenters. The van der Waals surface area contributed by atoms with Gasteiger partial charge in [0.1, 0.15) is 12.0 Å². The van der Waals surface area contributed by atoms with E-state index < -0.39 is 0 Å². The van der Waals surface area contributed by atoms with Gasteiger partial charge < -0.3 is 5.11 Å². The molecule has 0 saturated carbocycles. The number of allylic oxidation sites excluding steroid dienone is 1. The first-order valence-electron chi connectivity index (χ1n) is 3.65. The molecule has 0 aliphatic heterocycles. The molecule has 12 heavy (non-hydrogen) atoms.